The molecule has 22 heavy (non-hydrogen) atoms. The van der Waals surface area contributed by atoms with E-state index in [1.165, 1.54) is 0 Å². The van der Waals surface area contributed by atoms with Crippen molar-refractivity contribution in [3.8, 4) is 5.75 Å². The van der Waals surface area contributed by atoms with Crippen LogP contribution in [-0.4, -0.2) is 16.9 Å². The maximum absolute atomic E-state index is 12.8. The number of hydrogen-bond acceptors (Lipinski definition) is 3. The molecule has 1 aliphatic rings. The van der Waals surface area contributed by atoms with Crippen molar-refractivity contribution in [1.82, 2.24) is 4.90 Å². The van der Waals surface area contributed by atoms with Crippen molar-refractivity contribution in [3.63, 3.8) is 0 Å². The van der Waals surface area contributed by atoms with Crippen LogP contribution in [0.3, 0.4) is 0 Å². The molecule has 0 radical (unpaired) electrons. The van der Waals surface area contributed by atoms with Crippen molar-refractivity contribution in [3.05, 3.63) is 52.4 Å². The number of amides is 1. The minimum atomic E-state index is -0.475. The minimum Gasteiger partial charge on any atom is -0.480 e. The SMILES string of the molecule is CC(C)C1Oc2ccc(Br)cc2CN(Cc2ccco2)C1=O. The molecule has 116 valence electrons. The fraction of sp³-hybridized carbons (Fsp3) is 0.353. The smallest absolute Gasteiger partial charge is 0.264 e. The zero-order valence-electron chi connectivity index (χ0n) is 12.6. The van der Waals surface area contributed by atoms with Gasteiger partial charge in [0, 0.05) is 16.6 Å². The van der Waals surface area contributed by atoms with E-state index in [9.17, 15) is 4.79 Å². The van der Waals surface area contributed by atoms with E-state index in [0.29, 0.717) is 13.1 Å². The van der Waals surface area contributed by atoms with E-state index in [2.05, 4.69) is 15.9 Å². The highest BCUT2D eigenvalue weighted by Crippen LogP contribution is 2.31. The summed E-state index contributed by atoms with van der Waals surface area (Å²) in [7, 11) is 0. The Morgan fingerprint density at radius 1 is 1.36 bits per heavy atom. The molecule has 1 unspecified atom stereocenters. The van der Waals surface area contributed by atoms with Crippen LogP contribution in [0.15, 0.2) is 45.5 Å². The van der Waals surface area contributed by atoms with Crippen LogP contribution in [-0.2, 0) is 17.9 Å². The molecule has 0 N–H and O–H groups in total. The third-order valence-corrected chi connectivity index (χ3v) is 4.22. The first-order chi connectivity index (χ1) is 10.5. The Hall–Kier alpha value is -1.75. The zero-order chi connectivity index (χ0) is 15.7. The van der Waals surface area contributed by atoms with Gasteiger partial charge in [-0.05, 0) is 36.2 Å². The summed E-state index contributed by atoms with van der Waals surface area (Å²) in [5, 5.41) is 0. The molecule has 0 saturated heterocycles. The quantitative estimate of drug-likeness (QED) is 0.827. The van der Waals surface area contributed by atoms with Crippen molar-refractivity contribution in [1.29, 1.82) is 0 Å². The van der Waals surface area contributed by atoms with Gasteiger partial charge in [-0.25, -0.2) is 0 Å². The van der Waals surface area contributed by atoms with Gasteiger partial charge in [0.2, 0.25) is 0 Å². The van der Waals surface area contributed by atoms with Gasteiger partial charge in [-0.15, -0.1) is 0 Å². The number of carbonyl (C=O) groups is 1. The fourth-order valence-corrected chi connectivity index (χ4v) is 2.99. The van der Waals surface area contributed by atoms with Gasteiger partial charge in [0.25, 0.3) is 5.91 Å². The topological polar surface area (TPSA) is 42.7 Å². The zero-order valence-corrected chi connectivity index (χ0v) is 14.2. The Labute approximate surface area is 138 Å². The fourth-order valence-electron chi connectivity index (χ4n) is 2.58. The molecule has 0 bridgehead atoms. The summed E-state index contributed by atoms with van der Waals surface area (Å²) >= 11 is 3.48. The first kappa shape index (κ1) is 15.2. The van der Waals surface area contributed by atoms with Gasteiger partial charge in [-0.1, -0.05) is 29.8 Å². The molecule has 0 spiro atoms. The van der Waals surface area contributed by atoms with Crippen molar-refractivity contribution in [2.45, 2.75) is 33.0 Å². The first-order valence-electron chi connectivity index (χ1n) is 7.31. The van der Waals surface area contributed by atoms with Gasteiger partial charge in [0.1, 0.15) is 11.5 Å². The van der Waals surface area contributed by atoms with Gasteiger partial charge in [0.05, 0.1) is 12.8 Å². The Balaban J connectivity index is 1.96. The van der Waals surface area contributed by atoms with Crippen LogP contribution in [0.2, 0.25) is 0 Å². The molecular weight excluding hydrogens is 346 g/mol. The van der Waals surface area contributed by atoms with E-state index in [-0.39, 0.29) is 11.8 Å². The van der Waals surface area contributed by atoms with E-state index in [4.69, 9.17) is 9.15 Å². The predicted octanol–water partition coefficient (Wildman–Crippen LogP) is 3.99. The maximum Gasteiger partial charge on any atom is 0.264 e. The second-order valence-electron chi connectivity index (χ2n) is 5.81. The molecule has 0 aliphatic carbocycles. The molecule has 5 heteroatoms. The Kier molecular flexibility index (Phi) is 4.25. The Bertz CT molecular complexity index is 667. The number of furan rings is 1. The minimum absolute atomic E-state index is 0.00118. The average Bonchev–Trinajstić information content (AvgIpc) is 2.93. The molecule has 1 amide bonds. The molecule has 1 aliphatic heterocycles. The maximum atomic E-state index is 12.8. The van der Waals surface area contributed by atoms with Crippen molar-refractivity contribution < 1.29 is 13.9 Å². The third-order valence-electron chi connectivity index (χ3n) is 3.73. The van der Waals surface area contributed by atoms with Crippen molar-refractivity contribution in [2.24, 2.45) is 5.92 Å². The van der Waals surface area contributed by atoms with Gasteiger partial charge >= 0.3 is 0 Å². The Morgan fingerprint density at radius 2 is 2.18 bits per heavy atom. The summed E-state index contributed by atoms with van der Waals surface area (Å²) in [6.45, 7) is 4.96. The molecule has 2 aromatic rings. The summed E-state index contributed by atoms with van der Waals surface area (Å²) in [4.78, 5) is 14.6. The molecule has 2 heterocycles. The highest BCUT2D eigenvalue weighted by molar-refractivity contribution is 9.10. The first-order valence-corrected chi connectivity index (χ1v) is 8.10. The van der Waals surface area contributed by atoms with Crippen LogP contribution in [0.25, 0.3) is 0 Å². The van der Waals surface area contributed by atoms with Gasteiger partial charge < -0.3 is 14.1 Å². The average molecular weight is 364 g/mol. The molecule has 0 fully saturated rings. The van der Waals surface area contributed by atoms with Gasteiger partial charge in [-0.3, -0.25) is 4.79 Å². The molecule has 1 aromatic heterocycles. The van der Waals surface area contributed by atoms with Crippen molar-refractivity contribution in [2.75, 3.05) is 0 Å². The second-order valence-corrected chi connectivity index (χ2v) is 6.72. The molecule has 1 atom stereocenters. The number of hydrogen-bond donors (Lipinski definition) is 0. The summed E-state index contributed by atoms with van der Waals surface area (Å²) in [5.74, 6) is 1.64. The van der Waals surface area contributed by atoms with E-state index in [0.717, 1.165) is 21.5 Å². The number of ether oxygens (including phenoxy) is 1. The molecule has 3 rings (SSSR count). The highest BCUT2D eigenvalue weighted by atomic mass is 79.9. The van der Waals surface area contributed by atoms with Crippen LogP contribution in [0.5, 0.6) is 5.75 Å². The van der Waals surface area contributed by atoms with E-state index in [1.807, 2.05) is 44.2 Å². The number of fused-ring (bicyclic) bond motifs is 1. The normalized spacial score (nSPS) is 18.1. The largest absolute Gasteiger partial charge is 0.480 e. The molecule has 0 saturated carbocycles. The number of nitrogens with zero attached hydrogens (tertiary/aromatic N) is 1. The van der Waals surface area contributed by atoms with Crippen LogP contribution < -0.4 is 4.74 Å². The molecular formula is C17H18BrNO3. The van der Waals surface area contributed by atoms with Crippen molar-refractivity contribution >= 4 is 21.8 Å². The number of carbonyl (C=O) groups excluding carboxylic acids is 1. The third kappa shape index (κ3) is 3.04. The van der Waals surface area contributed by atoms with E-state index < -0.39 is 6.10 Å². The van der Waals surface area contributed by atoms with Crippen LogP contribution in [0.1, 0.15) is 25.2 Å². The van der Waals surface area contributed by atoms with E-state index >= 15 is 0 Å². The lowest BCUT2D eigenvalue weighted by atomic mass is 10.1. The lowest BCUT2D eigenvalue weighted by Crippen LogP contribution is -2.42. The lowest BCUT2D eigenvalue weighted by molar-refractivity contribution is -0.141. The highest BCUT2D eigenvalue weighted by Gasteiger charge is 2.33. The number of benzene rings is 1. The summed E-state index contributed by atoms with van der Waals surface area (Å²) in [5.41, 5.74) is 0.998. The summed E-state index contributed by atoms with van der Waals surface area (Å²) in [6.07, 6.45) is 1.15. The lowest BCUT2D eigenvalue weighted by Gasteiger charge is -2.25. The standard InChI is InChI=1S/C17H18BrNO3/c1-11(2)16-17(20)19(10-14-4-3-7-21-14)9-12-8-13(18)5-6-15(12)22-16/h3-8,11,16H,9-10H2,1-2H3. The van der Waals surface area contributed by atoms with Crippen LogP contribution in [0.4, 0.5) is 0 Å². The van der Waals surface area contributed by atoms with Crippen LogP contribution in [0, 0.1) is 5.92 Å². The van der Waals surface area contributed by atoms with Crippen LogP contribution >= 0.6 is 15.9 Å². The van der Waals surface area contributed by atoms with Gasteiger partial charge in [0.15, 0.2) is 6.10 Å². The Morgan fingerprint density at radius 3 is 2.86 bits per heavy atom. The monoisotopic (exact) mass is 363 g/mol. The summed E-state index contributed by atoms with van der Waals surface area (Å²) < 4.78 is 12.4. The molecule has 1 aromatic carbocycles. The molecule has 4 nitrogen and oxygen atoms in total. The summed E-state index contributed by atoms with van der Waals surface area (Å²) in [6, 6.07) is 9.56. The number of rotatable bonds is 3. The number of halogens is 1. The van der Waals surface area contributed by atoms with Gasteiger partial charge in [-0.2, -0.15) is 0 Å². The second kappa shape index (κ2) is 6.16. The predicted molar refractivity (Wildman–Crippen MR) is 86.4 cm³/mol. The van der Waals surface area contributed by atoms with E-state index in [1.54, 1.807) is 11.2 Å².